The third-order valence-corrected chi connectivity index (χ3v) is 4.32. The highest BCUT2D eigenvalue weighted by Gasteiger charge is 2.16. The number of amides is 1. The number of pyridine rings is 1. The normalized spacial score (nSPS) is 12.0. The second-order valence-corrected chi connectivity index (χ2v) is 6.07. The monoisotopic (exact) mass is 304 g/mol. The van der Waals surface area contributed by atoms with Gasteiger partial charge in [0.25, 0.3) is 5.91 Å². The van der Waals surface area contributed by atoms with Crippen molar-refractivity contribution in [1.29, 1.82) is 0 Å². The minimum Gasteiger partial charge on any atom is -0.370 e. The van der Waals surface area contributed by atoms with Gasteiger partial charge in [-0.1, -0.05) is 0 Å². The van der Waals surface area contributed by atoms with Crippen molar-refractivity contribution in [3.63, 3.8) is 0 Å². The standard InChI is InChI=1S/C15H20N4OS/c1-5-16-13-7-6-12(8-17-13)15(20)19-10(3)14-9(2)18-11(4)21-14/h6-8,10H,5H2,1-4H3,(H,16,17)(H,19,20). The zero-order chi connectivity index (χ0) is 15.4. The molecule has 0 aromatic carbocycles. The third-order valence-electron chi connectivity index (χ3n) is 3.06. The van der Waals surface area contributed by atoms with Crippen LogP contribution in [0, 0.1) is 13.8 Å². The molecule has 1 amide bonds. The van der Waals surface area contributed by atoms with E-state index in [2.05, 4.69) is 20.6 Å². The van der Waals surface area contributed by atoms with Crippen molar-refractivity contribution >= 4 is 23.1 Å². The zero-order valence-corrected chi connectivity index (χ0v) is 13.5. The fourth-order valence-corrected chi connectivity index (χ4v) is 3.04. The topological polar surface area (TPSA) is 66.9 Å². The SMILES string of the molecule is CCNc1ccc(C(=O)NC(C)c2sc(C)nc2C)cn1. The van der Waals surface area contributed by atoms with E-state index < -0.39 is 0 Å². The smallest absolute Gasteiger partial charge is 0.253 e. The largest absolute Gasteiger partial charge is 0.370 e. The van der Waals surface area contributed by atoms with Gasteiger partial charge in [0.05, 0.1) is 22.3 Å². The van der Waals surface area contributed by atoms with Gasteiger partial charge in [-0.05, 0) is 39.8 Å². The Bertz CT molecular complexity index is 621. The van der Waals surface area contributed by atoms with Crippen LogP contribution in [0.25, 0.3) is 0 Å². The predicted molar refractivity (Wildman–Crippen MR) is 85.9 cm³/mol. The van der Waals surface area contributed by atoms with Crippen molar-refractivity contribution in [2.24, 2.45) is 0 Å². The molecular formula is C15H20N4OS. The number of carbonyl (C=O) groups is 1. The summed E-state index contributed by atoms with van der Waals surface area (Å²) >= 11 is 1.62. The lowest BCUT2D eigenvalue weighted by atomic mass is 10.2. The van der Waals surface area contributed by atoms with Gasteiger partial charge in [-0.25, -0.2) is 9.97 Å². The van der Waals surface area contributed by atoms with Gasteiger partial charge in [-0.2, -0.15) is 0 Å². The second-order valence-electron chi connectivity index (χ2n) is 4.84. The first-order valence-electron chi connectivity index (χ1n) is 6.96. The molecule has 2 rings (SSSR count). The molecule has 1 atom stereocenters. The molecule has 112 valence electrons. The molecule has 2 heterocycles. The average molecular weight is 304 g/mol. The minimum absolute atomic E-state index is 0.0582. The van der Waals surface area contributed by atoms with Crippen molar-refractivity contribution in [1.82, 2.24) is 15.3 Å². The summed E-state index contributed by atoms with van der Waals surface area (Å²) in [4.78, 5) is 21.9. The van der Waals surface area contributed by atoms with Crippen molar-refractivity contribution < 1.29 is 4.79 Å². The molecule has 0 spiro atoms. The Hall–Kier alpha value is -1.95. The van der Waals surface area contributed by atoms with E-state index >= 15 is 0 Å². The lowest BCUT2D eigenvalue weighted by molar-refractivity contribution is 0.0940. The van der Waals surface area contributed by atoms with E-state index in [1.54, 1.807) is 23.6 Å². The minimum atomic E-state index is -0.122. The summed E-state index contributed by atoms with van der Waals surface area (Å²) in [5.41, 5.74) is 1.54. The number of nitrogens with zero attached hydrogens (tertiary/aromatic N) is 2. The number of hydrogen-bond acceptors (Lipinski definition) is 5. The third kappa shape index (κ3) is 3.78. The summed E-state index contributed by atoms with van der Waals surface area (Å²) in [7, 11) is 0. The Morgan fingerprint density at radius 2 is 2.14 bits per heavy atom. The Balaban J connectivity index is 2.05. The van der Waals surface area contributed by atoms with Crippen LogP contribution in [0.2, 0.25) is 0 Å². The van der Waals surface area contributed by atoms with Crippen LogP contribution in [-0.4, -0.2) is 22.4 Å². The van der Waals surface area contributed by atoms with E-state index in [1.807, 2.05) is 33.8 Å². The maximum Gasteiger partial charge on any atom is 0.253 e. The predicted octanol–water partition coefficient (Wildman–Crippen LogP) is 3.08. The molecule has 0 fully saturated rings. The van der Waals surface area contributed by atoms with Crippen LogP contribution in [0.3, 0.4) is 0 Å². The van der Waals surface area contributed by atoms with E-state index in [4.69, 9.17) is 0 Å². The molecule has 0 bridgehead atoms. The van der Waals surface area contributed by atoms with Crippen LogP contribution in [0.4, 0.5) is 5.82 Å². The number of carbonyl (C=O) groups excluding carboxylic acids is 1. The molecule has 0 saturated carbocycles. The van der Waals surface area contributed by atoms with E-state index in [0.717, 1.165) is 27.9 Å². The first kappa shape index (κ1) is 15.4. The fraction of sp³-hybridized carbons (Fsp3) is 0.400. The number of thiazole rings is 1. The van der Waals surface area contributed by atoms with Gasteiger partial charge >= 0.3 is 0 Å². The molecule has 0 saturated heterocycles. The lowest BCUT2D eigenvalue weighted by Gasteiger charge is -2.13. The quantitative estimate of drug-likeness (QED) is 0.891. The van der Waals surface area contributed by atoms with Gasteiger partial charge in [0, 0.05) is 17.6 Å². The van der Waals surface area contributed by atoms with Crippen LogP contribution in [0.5, 0.6) is 0 Å². The fourth-order valence-electron chi connectivity index (χ4n) is 2.11. The molecule has 1 unspecified atom stereocenters. The summed E-state index contributed by atoms with van der Waals surface area (Å²) in [6.07, 6.45) is 1.59. The average Bonchev–Trinajstić information content (AvgIpc) is 2.79. The molecule has 2 aromatic heterocycles. The molecule has 5 nitrogen and oxygen atoms in total. The van der Waals surface area contributed by atoms with Gasteiger partial charge in [0.1, 0.15) is 5.82 Å². The highest BCUT2D eigenvalue weighted by Crippen LogP contribution is 2.24. The van der Waals surface area contributed by atoms with E-state index in [1.165, 1.54) is 0 Å². The summed E-state index contributed by atoms with van der Waals surface area (Å²) in [6.45, 7) is 8.72. The summed E-state index contributed by atoms with van der Waals surface area (Å²) in [6, 6.07) is 3.53. The Labute approximate surface area is 128 Å². The maximum atomic E-state index is 12.2. The molecule has 2 aromatic rings. The van der Waals surface area contributed by atoms with Crippen molar-refractivity contribution in [3.05, 3.63) is 39.5 Å². The first-order valence-corrected chi connectivity index (χ1v) is 7.77. The summed E-state index contributed by atoms with van der Waals surface area (Å²) < 4.78 is 0. The Morgan fingerprint density at radius 1 is 1.38 bits per heavy atom. The second kappa shape index (κ2) is 6.67. The van der Waals surface area contributed by atoms with Crippen molar-refractivity contribution in [2.45, 2.75) is 33.7 Å². The lowest BCUT2D eigenvalue weighted by Crippen LogP contribution is -2.26. The number of nitrogens with one attached hydrogen (secondary N) is 2. The van der Waals surface area contributed by atoms with Gasteiger partial charge in [0.15, 0.2) is 0 Å². The van der Waals surface area contributed by atoms with E-state index in [-0.39, 0.29) is 11.9 Å². The number of aromatic nitrogens is 2. The Morgan fingerprint density at radius 3 is 2.67 bits per heavy atom. The molecule has 0 aliphatic carbocycles. The Kier molecular flexibility index (Phi) is 4.90. The van der Waals surface area contributed by atoms with Crippen LogP contribution >= 0.6 is 11.3 Å². The van der Waals surface area contributed by atoms with Crippen LogP contribution < -0.4 is 10.6 Å². The summed E-state index contributed by atoms with van der Waals surface area (Å²) in [5.74, 6) is 0.652. The number of aryl methyl sites for hydroxylation is 2. The van der Waals surface area contributed by atoms with Crippen LogP contribution in [0.15, 0.2) is 18.3 Å². The van der Waals surface area contributed by atoms with Crippen molar-refractivity contribution in [2.75, 3.05) is 11.9 Å². The molecule has 0 aliphatic heterocycles. The molecule has 0 radical (unpaired) electrons. The van der Waals surface area contributed by atoms with Crippen LogP contribution in [0.1, 0.15) is 45.8 Å². The first-order chi connectivity index (χ1) is 10.0. The van der Waals surface area contributed by atoms with Crippen molar-refractivity contribution in [3.8, 4) is 0 Å². The van der Waals surface area contributed by atoms with E-state index in [9.17, 15) is 4.79 Å². The van der Waals surface area contributed by atoms with Gasteiger partial charge < -0.3 is 10.6 Å². The molecule has 2 N–H and O–H groups in total. The molecular weight excluding hydrogens is 284 g/mol. The van der Waals surface area contributed by atoms with E-state index in [0.29, 0.717) is 5.56 Å². The van der Waals surface area contributed by atoms with Crippen LogP contribution in [-0.2, 0) is 0 Å². The summed E-state index contributed by atoms with van der Waals surface area (Å²) in [5, 5.41) is 7.10. The molecule has 21 heavy (non-hydrogen) atoms. The van der Waals surface area contributed by atoms with Gasteiger partial charge in [-0.3, -0.25) is 4.79 Å². The zero-order valence-electron chi connectivity index (χ0n) is 12.7. The highest BCUT2D eigenvalue weighted by molar-refractivity contribution is 7.11. The molecule has 0 aliphatic rings. The highest BCUT2D eigenvalue weighted by atomic mass is 32.1. The van der Waals surface area contributed by atoms with Gasteiger partial charge in [0.2, 0.25) is 0 Å². The molecule has 6 heteroatoms. The number of hydrogen-bond donors (Lipinski definition) is 2. The number of rotatable bonds is 5. The number of anilines is 1. The van der Waals surface area contributed by atoms with Gasteiger partial charge in [-0.15, -0.1) is 11.3 Å². The maximum absolute atomic E-state index is 12.2.